The van der Waals surface area contributed by atoms with Gasteiger partial charge in [-0.1, -0.05) is 0 Å². The fourth-order valence-electron chi connectivity index (χ4n) is 1.77. The number of rotatable bonds is 8. The van der Waals surface area contributed by atoms with Crippen molar-refractivity contribution in [2.24, 2.45) is 11.7 Å². The Morgan fingerprint density at radius 3 is 2.63 bits per heavy atom. The fourth-order valence-corrected chi connectivity index (χ4v) is 1.77. The second kappa shape index (κ2) is 7.14. The van der Waals surface area contributed by atoms with E-state index in [1.54, 1.807) is 12.1 Å². The van der Waals surface area contributed by atoms with Gasteiger partial charge < -0.3 is 15.8 Å². The van der Waals surface area contributed by atoms with Gasteiger partial charge in [-0.2, -0.15) is 0 Å². The van der Waals surface area contributed by atoms with Gasteiger partial charge in [0.05, 0.1) is 6.61 Å². The van der Waals surface area contributed by atoms with Crippen LogP contribution in [0.15, 0.2) is 24.3 Å². The van der Waals surface area contributed by atoms with Crippen molar-refractivity contribution < 1.29 is 9.53 Å². The van der Waals surface area contributed by atoms with Crippen LogP contribution in [0.1, 0.15) is 36.0 Å². The number of nitrogens with one attached hydrogen (secondary N) is 1. The van der Waals surface area contributed by atoms with Crippen LogP contribution in [0.4, 0.5) is 0 Å². The lowest BCUT2D eigenvalue weighted by Crippen LogP contribution is -2.24. The second-order valence-corrected chi connectivity index (χ2v) is 5.03. The minimum absolute atomic E-state index is 0.0363. The van der Waals surface area contributed by atoms with Gasteiger partial charge in [-0.15, -0.1) is 0 Å². The van der Waals surface area contributed by atoms with Gasteiger partial charge in [-0.25, -0.2) is 0 Å². The SMILES string of the molecule is NCCCCNC(=O)c1ccc(OCC2CC2)cc1. The van der Waals surface area contributed by atoms with E-state index in [0.717, 1.165) is 31.1 Å². The third-order valence-electron chi connectivity index (χ3n) is 3.22. The third kappa shape index (κ3) is 4.91. The standard InChI is InChI=1S/C15H22N2O2/c16-9-1-2-10-17-15(18)13-5-7-14(8-6-13)19-11-12-3-4-12/h5-8,12H,1-4,9-11,16H2,(H,17,18). The Bertz CT molecular complexity index is 399. The lowest BCUT2D eigenvalue weighted by atomic mass is 10.2. The molecule has 104 valence electrons. The van der Waals surface area contributed by atoms with Crippen LogP contribution in [0.5, 0.6) is 5.75 Å². The molecule has 4 heteroatoms. The summed E-state index contributed by atoms with van der Waals surface area (Å²) in [5, 5.41) is 2.88. The smallest absolute Gasteiger partial charge is 0.251 e. The van der Waals surface area contributed by atoms with Crippen molar-refractivity contribution in [3.63, 3.8) is 0 Å². The van der Waals surface area contributed by atoms with Crippen LogP contribution in [0.2, 0.25) is 0 Å². The summed E-state index contributed by atoms with van der Waals surface area (Å²) >= 11 is 0. The normalized spacial score (nSPS) is 14.2. The number of nitrogens with two attached hydrogens (primary N) is 1. The van der Waals surface area contributed by atoms with Crippen LogP contribution in [0.25, 0.3) is 0 Å². The topological polar surface area (TPSA) is 64.3 Å². The molecule has 1 amide bonds. The van der Waals surface area contributed by atoms with E-state index in [1.165, 1.54) is 12.8 Å². The van der Waals surface area contributed by atoms with Crippen molar-refractivity contribution in [3.05, 3.63) is 29.8 Å². The summed E-state index contributed by atoms with van der Waals surface area (Å²) in [4.78, 5) is 11.8. The van der Waals surface area contributed by atoms with E-state index in [1.807, 2.05) is 12.1 Å². The lowest BCUT2D eigenvalue weighted by molar-refractivity contribution is 0.0953. The molecule has 0 atom stereocenters. The zero-order valence-corrected chi connectivity index (χ0v) is 11.2. The molecule has 0 aromatic heterocycles. The van der Waals surface area contributed by atoms with Crippen molar-refractivity contribution in [1.82, 2.24) is 5.32 Å². The van der Waals surface area contributed by atoms with E-state index in [-0.39, 0.29) is 5.91 Å². The van der Waals surface area contributed by atoms with Crippen LogP contribution < -0.4 is 15.8 Å². The molecule has 19 heavy (non-hydrogen) atoms. The van der Waals surface area contributed by atoms with Gasteiger partial charge in [0.15, 0.2) is 0 Å². The number of unbranched alkanes of at least 4 members (excludes halogenated alkanes) is 1. The van der Waals surface area contributed by atoms with E-state index in [9.17, 15) is 4.79 Å². The maximum absolute atomic E-state index is 11.8. The van der Waals surface area contributed by atoms with Gasteiger partial charge in [-0.3, -0.25) is 4.79 Å². The molecule has 0 unspecified atom stereocenters. The number of hydrogen-bond acceptors (Lipinski definition) is 3. The zero-order valence-electron chi connectivity index (χ0n) is 11.2. The predicted molar refractivity (Wildman–Crippen MR) is 75.3 cm³/mol. The summed E-state index contributed by atoms with van der Waals surface area (Å²) in [5.41, 5.74) is 6.07. The van der Waals surface area contributed by atoms with Gasteiger partial charge in [0.2, 0.25) is 0 Å². The van der Waals surface area contributed by atoms with Crippen LogP contribution >= 0.6 is 0 Å². The van der Waals surface area contributed by atoms with E-state index < -0.39 is 0 Å². The molecule has 0 heterocycles. The molecule has 3 N–H and O–H groups in total. The summed E-state index contributed by atoms with van der Waals surface area (Å²) in [6.07, 6.45) is 4.42. The monoisotopic (exact) mass is 262 g/mol. The number of amides is 1. The van der Waals surface area contributed by atoms with E-state index >= 15 is 0 Å². The van der Waals surface area contributed by atoms with Gasteiger partial charge in [-0.05, 0) is 62.4 Å². The highest BCUT2D eigenvalue weighted by Gasteiger charge is 2.21. The average Bonchev–Trinajstić information content (AvgIpc) is 3.26. The Hall–Kier alpha value is -1.55. The van der Waals surface area contributed by atoms with Crippen molar-refractivity contribution in [1.29, 1.82) is 0 Å². The van der Waals surface area contributed by atoms with Gasteiger partial charge in [0.25, 0.3) is 5.91 Å². The Morgan fingerprint density at radius 1 is 1.26 bits per heavy atom. The molecular weight excluding hydrogens is 240 g/mol. The fraction of sp³-hybridized carbons (Fsp3) is 0.533. The quantitative estimate of drug-likeness (QED) is 0.704. The number of carbonyl (C=O) groups is 1. The Morgan fingerprint density at radius 2 is 2.00 bits per heavy atom. The predicted octanol–water partition coefficient (Wildman–Crippen LogP) is 1.94. The minimum atomic E-state index is -0.0363. The third-order valence-corrected chi connectivity index (χ3v) is 3.22. The maximum Gasteiger partial charge on any atom is 0.251 e. The Labute approximate surface area is 114 Å². The first kappa shape index (κ1) is 13.9. The first-order valence-corrected chi connectivity index (χ1v) is 7.00. The highest BCUT2D eigenvalue weighted by Crippen LogP contribution is 2.29. The highest BCUT2D eigenvalue weighted by molar-refractivity contribution is 5.94. The van der Waals surface area contributed by atoms with Crippen LogP contribution in [0, 0.1) is 5.92 Å². The number of hydrogen-bond donors (Lipinski definition) is 2. The number of ether oxygens (including phenoxy) is 1. The van der Waals surface area contributed by atoms with Crippen LogP contribution in [-0.2, 0) is 0 Å². The van der Waals surface area contributed by atoms with Gasteiger partial charge in [0, 0.05) is 12.1 Å². The molecule has 1 fully saturated rings. The van der Waals surface area contributed by atoms with Crippen molar-refractivity contribution >= 4 is 5.91 Å². The highest BCUT2D eigenvalue weighted by atomic mass is 16.5. The zero-order chi connectivity index (χ0) is 13.5. The van der Waals surface area contributed by atoms with E-state index in [0.29, 0.717) is 18.7 Å². The first-order valence-electron chi connectivity index (χ1n) is 7.00. The maximum atomic E-state index is 11.8. The number of carbonyl (C=O) groups excluding carboxylic acids is 1. The minimum Gasteiger partial charge on any atom is -0.493 e. The second-order valence-electron chi connectivity index (χ2n) is 5.03. The Balaban J connectivity index is 1.74. The number of benzene rings is 1. The molecule has 1 aliphatic rings. The first-order chi connectivity index (χ1) is 9.29. The molecule has 4 nitrogen and oxygen atoms in total. The van der Waals surface area contributed by atoms with Gasteiger partial charge in [0.1, 0.15) is 5.75 Å². The molecule has 1 aromatic carbocycles. The average molecular weight is 262 g/mol. The summed E-state index contributed by atoms with van der Waals surface area (Å²) in [7, 11) is 0. The molecule has 0 bridgehead atoms. The molecule has 0 saturated heterocycles. The molecule has 1 aliphatic carbocycles. The molecule has 0 radical (unpaired) electrons. The van der Waals surface area contributed by atoms with Crippen LogP contribution in [-0.4, -0.2) is 25.6 Å². The summed E-state index contributed by atoms with van der Waals surface area (Å²) in [6, 6.07) is 7.33. The largest absolute Gasteiger partial charge is 0.493 e. The summed E-state index contributed by atoms with van der Waals surface area (Å²) in [5.74, 6) is 1.54. The molecule has 1 aromatic rings. The van der Waals surface area contributed by atoms with Crippen LogP contribution in [0.3, 0.4) is 0 Å². The van der Waals surface area contributed by atoms with Crippen molar-refractivity contribution in [3.8, 4) is 5.75 Å². The van der Waals surface area contributed by atoms with Crippen molar-refractivity contribution in [2.45, 2.75) is 25.7 Å². The lowest BCUT2D eigenvalue weighted by Gasteiger charge is -2.07. The van der Waals surface area contributed by atoms with Crippen molar-refractivity contribution in [2.75, 3.05) is 19.7 Å². The molecular formula is C15H22N2O2. The molecule has 1 saturated carbocycles. The molecule has 0 spiro atoms. The van der Waals surface area contributed by atoms with E-state index in [4.69, 9.17) is 10.5 Å². The van der Waals surface area contributed by atoms with E-state index in [2.05, 4.69) is 5.32 Å². The summed E-state index contributed by atoms with van der Waals surface area (Å²) in [6.45, 7) is 2.14. The van der Waals surface area contributed by atoms with Gasteiger partial charge >= 0.3 is 0 Å². The summed E-state index contributed by atoms with van der Waals surface area (Å²) < 4.78 is 5.63. The molecule has 2 rings (SSSR count). The molecule has 0 aliphatic heterocycles. The Kier molecular flexibility index (Phi) is 5.21.